The van der Waals surface area contributed by atoms with Gasteiger partial charge in [0.2, 0.25) is 5.91 Å². The third-order valence-electron chi connectivity index (χ3n) is 5.81. The quantitative estimate of drug-likeness (QED) is 0.703. The highest BCUT2D eigenvalue weighted by Gasteiger charge is 2.30. The van der Waals surface area contributed by atoms with Crippen molar-refractivity contribution in [3.05, 3.63) is 35.5 Å². The molecule has 0 unspecified atom stereocenters. The van der Waals surface area contributed by atoms with Crippen molar-refractivity contribution in [1.29, 1.82) is 0 Å². The molecule has 4 rings (SSSR count). The van der Waals surface area contributed by atoms with Crippen molar-refractivity contribution in [2.75, 3.05) is 33.2 Å². The van der Waals surface area contributed by atoms with Gasteiger partial charge < -0.3 is 9.64 Å². The van der Waals surface area contributed by atoms with Gasteiger partial charge in [0.05, 0.1) is 23.1 Å². The van der Waals surface area contributed by atoms with Crippen LogP contribution in [0.5, 0.6) is 5.75 Å². The third kappa shape index (κ3) is 4.54. The van der Waals surface area contributed by atoms with Gasteiger partial charge in [0.25, 0.3) is 0 Å². The van der Waals surface area contributed by atoms with Gasteiger partial charge in [-0.05, 0) is 49.9 Å². The lowest BCUT2D eigenvalue weighted by Gasteiger charge is -2.33. The Kier molecular flexibility index (Phi) is 6.31. The molecule has 1 aromatic carbocycles. The standard InChI is InChI=1S/C22H27ClN4O2/c1-24-14-16-4-3-11-27(16)21(28)15-26-12-8-17(9-13-26)29-20-7-6-19(23)22-18(20)5-2-10-25-22/h2,5-7,10,14,16-17H,3-4,8-9,11-13,15H2,1H3/t16-/m0/s1. The summed E-state index contributed by atoms with van der Waals surface area (Å²) >= 11 is 6.25. The van der Waals surface area contributed by atoms with Crippen molar-refractivity contribution in [2.24, 2.45) is 4.99 Å². The van der Waals surface area contributed by atoms with E-state index < -0.39 is 0 Å². The number of likely N-dealkylation sites (tertiary alicyclic amines) is 2. The molecule has 3 heterocycles. The van der Waals surface area contributed by atoms with Crippen LogP contribution in [-0.2, 0) is 4.79 Å². The summed E-state index contributed by atoms with van der Waals surface area (Å²) < 4.78 is 6.29. The minimum absolute atomic E-state index is 0.137. The Morgan fingerprint density at radius 3 is 2.90 bits per heavy atom. The van der Waals surface area contributed by atoms with Gasteiger partial charge in [0.15, 0.2) is 0 Å². The second-order valence-corrected chi connectivity index (χ2v) is 8.15. The van der Waals surface area contributed by atoms with E-state index in [1.165, 1.54) is 0 Å². The number of ether oxygens (including phenoxy) is 1. The summed E-state index contributed by atoms with van der Waals surface area (Å²) in [7, 11) is 1.77. The molecule has 1 atom stereocenters. The fourth-order valence-electron chi connectivity index (χ4n) is 4.29. The van der Waals surface area contributed by atoms with Gasteiger partial charge in [0.1, 0.15) is 11.9 Å². The van der Waals surface area contributed by atoms with Gasteiger partial charge in [-0.25, -0.2) is 0 Å². The number of nitrogens with zero attached hydrogens (tertiary/aromatic N) is 4. The van der Waals surface area contributed by atoms with Gasteiger partial charge in [0, 0.05) is 44.5 Å². The molecule has 7 heteroatoms. The van der Waals surface area contributed by atoms with E-state index in [9.17, 15) is 4.79 Å². The molecule has 1 amide bonds. The Bertz CT molecular complexity index is 896. The first-order valence-electron chi connectivity index (χ1n) is 10.3. The molecule has 0 bridgehead atoms. The van der Waals surface area contributed by atoms with E-state index in [1.54, 1.807) is 13.2 Å². The van der Waals surface area contributed by atoms with Crippen LogP contribution in [0.25, 0.3) is 10.9 Å². The van der Waals surface area contributed by atoms with Crippen LogP contribution in [0, 0.1) is 0 Å². The maximum atomic E-state index is 12.7. The van der Waals surface area contributed by atoms with Crippen LogP contribution >= 0.6 is 11.6 Å². The number of carbonyl (C=O) groups excluding carboxylic acids is 1. The molecule has 6 nitrogen and oxygen atoms in total. The first-order chi connectivity index (χ1) is 14.2. The van der Waals surface area contributed by atoms with E-state index in [2.05, 4.69) is 14.9 Å². The number of pyridine rings is 1. The molecule has 0 spiro atoms. The van der Waals surface area contributed by atoms with Gasteiger partial charge in [-0.1, -0.05) is 11.6 Å². The largest absolute Gasteiger partial charge is 0.490 e. The number of hydrogen-bond acceptors (Lipinski definition) is 5. The molecule has 0 saturated carbocycles. The van der Waals surface area contributed by atoms with Crippen molar-refractivity contribution in [2.45, 2.75) is 37.8 Å². The Balaban J connectivity index is 1.32. The van der Waals surface area contributed by atoms with Crippen LogP contribution in [0.4, 0.5) is 0 Å². The molecule has 0 aliphatic carbocycles. The SMILES string of the molecule is CN=C[C@@H]1CCCN1C(=O)CN1CCC(Oc2ccc(Cl)c3ncccc23)CC1. The fraction of sp³-hybridized carbons (Fsp3) is 0.500. The van der Waals surface area contributed by atoms with Crippen molar-refractivity contribution in [1.82, 2.24) is 14.8 Å². The lowest BCUT2D eigenvalue weighted by Crippen LogP contribution is -2.46. The monoisotopic (exact) mass is 414 g/mol. The Morgan fingerprint density at radius 2 is 2.10 bits per heavy atom. The molecule has 1 aromatic heterocycles. The van der Waals surface area contributed by atoms with E-state index in [4.69, 9.17) is 16.3 Å². The van der Waals surface area contributed by atoms with Crippen LogP contribution in [0.1, 0.15) is 25.7 Å². The predicted molar refractivity (Wildman–Crippen MR) is 116 cm³/mol. The zero-order valence-corrected chi connectivity index (χ0v) is 17.5. The maximum absolute atomic E-state index is 12.7. The lowest BCUT2D eigenvalue weighted by molar-refractivity contribution is -0.132. The van der Waals surface area contributed by atoms with Crippen LogP contribution in [0.15, 0.2) is 35.5 Å². The predicted octanol–water partition coefficient (Wildman–Crippen LogP) is 3.42. The van der Waals surface area contributed by atoms with Crippen molar-refractivity contribution < 1.29 is 9.53 Å². The van der Waals surface area contributed by atoms with Crippen LogP contribution < -0.4 is 4.74 Å². The van der Waals surface area contributed by atoms with E-state index in [1.807, 2.05) is 35.4 Å². The van der Waals surface area contributed by atoms with Gasteiger partial charge in [-0.3, -0.25) is 19.7 Å². The first kappa shape index (κ1) is 20.1. The molecule has 2 aromatic rings. The van der Waals surface area contributed by atoms with Gasteiger partial charge in [-0.15, -0.1) is 0 Å². The summed E-state index contributed by atoms with van der Waals surface area (Å²) in [6.07, 6.45) is 7.65. The molecular weight excluding hydrogens is 388 g/mol. The number of piperidine rings is 1. The van der Waals surface area contributed by atoms with Crippen LogP contribution in [-0.4, -0.2) is 72.3 Å². The van der Waals surface area contributed by atoms with Crippen molar-refractivity contribution in [3.63, 3.8) is 0 Å². The minimum atomic E-state index is 0.137. The second-order valence-electron chi connectivity index (χ2n) is 7.74. The van der Waals surface area contributed by atoms with E-state index >= 15 is 0 Å². The highest BCUT2D eigenvalue weighted by atomic mass is 35.5. The van der Waals surface area contributed by atoms with Crippen LogP contribution in [0.3, 0.4) is 0 Å². The molecule has 29 heavy (non-hydrogen) atoms. The number of rotatable bonds is 5. The van der Waals surface area contributed by atoms with Gasteiger partial charge >= 0.3 is 0 Å². The number of amides is 1. The molecule has 2 aliphatic heterocycles. The molecule has 154 valence electrons. The third-order valence-corrected chi connectivity index (χ3v) is 6.11. The number of carbonyl (C=O) groups is 1. The Morgan fingerprint density at radius 1 is 1.28 bits per heavy atom. The summed E-state index contributed by atoms with van der Waals surface area (Å²) in [4.78, 5) is 25.4. The second kappa shape index (κ2) is 9.09. The average molecular weight is 415 g/mol. The topological polar surface area (TPSA) is 58.0 Å². The molecule has 0 N–H and O–H groups in total. The van der Waals surface area contributed by atoms with Crippen molar-refractivity contribution in [3.8, 4) is 5.75 Å². The van der Waals surface area contributed by atoms with Gasteiger partial charge in [-0.2, -0.15) is 0 Å². The zero-order chi connectivity index (χ0) is 20.2. The molecule has 2 saturated heterocycles. The fourth-order valence-corrected chi connectivity index (χ4v) is 4.50. The average Bonchev–Trinajstić information content (AvgIpc) is 3.20. The Labute approximate surface area is 176 Å². The van der Waals surface area contributed by atoms with Crippen molar-refractivity contribution >= 4 is 34.6 Å². The molecule has 2 fully saturated rings. The van der Waals surface area contributed by atoms with Crippen LogP contribution in [0.2, 0.25) is 5.02 Å². The summed E-state index contributed by atoms with van der Waals surface area (Å²) in [6, 6.07) is 7.81. The summed E-state index contributed by atoms with van der Waals surface area (Å²) in [6.45, 7) is 3.04. The van der Waals surface area contributed by atoms with E-state index in [0.717, 1.165) is 62.0 Å². The zero-order valence-electron chi connectivity index (χ0n) is 16.8. The molecular formula is C22H27ClN4O2. The smallest absolute Gasteiger partial charge is 0.237 e. The molecule has 0 radical (unpaired) electrons. The number of aliphatic imine (C=N–C) groups is 1. The maximum Gasteiger partial charge on any atom is 0.237 e. The Hall–Kier alpha value is -2.18. The number of halogens is 1. The number of hydrogen-bond donors (Lipinski definition) is 0. The highest BCUT2D eigenvalue weighted by Crippen LogP contribution is 2.31. The first-order valence-corrected chi connectivity index (χ1v) is 10.7. The normalized spacial score (nSPS) is 21.3. The highest BCUT2D eigenvalue weighted by molar-refractivity contribution is 6.35. The minimum Gasteiger partial charge on any atom is -0.490 e. The molecule has 2 aliphatic rings. The number of aromatic nitrogens is 1. The summed E-state index contributed by atoms with van der Waals surface area (Å²) in [5.74, 6) is 1.03. The lowest BCUT2D eigenvalue weighted by atomic mass is 10.1. The van der Waals surface area contributed by atoms with E-state index in [-0.39, 0.29) is 18.1 Å². The summed E-state index contributed by atoms with van der Waals surface area (Å²) in [5.41, 5.74) is 0.769. The number of fused-ring (bicyclic) bond motifs is 1. The summed E-state index contributed by atoms with van der Waals surface area (Å²) in [5, 5.41) is 1.57. The van der Waals surface area contributed by atoms with E-state index in [0.29, 0.717) is 11.6 Å². The number of benzene rings is 1.